The molecule has 2 aliphatic rings. The number of aliphatic carboxylic acids is 1. The highest BCUT2D eigenvalue weighted by atomic mass is 16.4. The molecule has 3 unspecified atom stereocenters. The van der Waals surface area contributed by atoms with Gasteiger partial charge in [-0.3, -0.25) is 9.69 Å². The number of rotatable bonds is 3. The zero-order valence-corrected chi connectivity index (χ0v) is 14.5. The molecule has 3 nitrogen and oxygen atoms in total. The van der Waals surface area contributed by atoms with Gasteiger partial charge in [-0.25, -0.2) is 0 Å². The molecule has 122 valence electrons. The van der Waals surface area contributed by atoms with E-state index in [0.29, 0.717) is 11.5 Å². The van der Waals surface area contributed by atoms with Crippen molar-refractivity contribution in [3.63, 3.8) is 0 Å². The first kappa shape index (κ1) is 16.8. The second-order valence-electron chi connectivity index (χ2n) is 8.81. The van der Waals surface area contributed by atoms with Crippen LogP contribution in [0.3, 0.4) is 0 Å². The van der Waals surface area contributed by atoms with E-state index in [1.54, 1.807) is 0 Å². The van der Waals surface area contributed by atoms with Gasteiger partial charge in [-0.05, 0) is 69.7 Å². The van der Waals surface area contributed by atoms with E-state index < -0.39 is 11.4 Å². The average molecular weight is 295 g/mol. The van der Waals surface area contributed by atoms with Gasteiger partial charge in [0.05, 0.1) is 5.41 Å². The molecule has 1 saturated heterocycles. The van der Waals surface area contributed by atoms with Crippen molar-refractivity contribution in [1.82, 2.24) is 4.90 Å². The van der Waals surface area contributed by atoms with E-state index in [0.717, 1.165) is 31.8 Å². The van der Waals surface area contributed by atoms with Gasteiger partial charge in [0.15, 0.2) is 0 Å². The summed E-state index contributed by atoms with van der Waals surface area (Å²) in [7, 11) is 0. The lowest BCUT2D eigenvalue weighted by atomic mass is 9.69. The second kappa shape index (κ2) is 5.91. The number of carbonyl (C=O) groups is 1. The van der Waals surface area contributed by atoms with Crippen molar-refractivity contribution in [3.05, 3.63) is 0 Å². The molecule has 0 spiro atoms. The maximum Gasteiger partial charge on any atom is 0.309 e. The number of piperidine rings is 1. The Bertz CT molecular complexity index is 389. The van der Waals surface area contributed by atoms with Crippen LogP contribution in [0, 0.1) is 22.7 Å². The summed E-state index contributed by atoms with van der Waals surface area (Å²) in [5, 5.41) is 9.49. The average Bonchev–Trinajstić information content (AvgIpc) is 2.37. The molecule has 0 bridgehead atoms. The molecule has 21 heavy (non-hydrogen) atoms. The molecule has 0 aromatic carbocycles. The predicted octanol–water partition coefficient (Wildman–Crippen LogP) is 4.02. The van der Waals surface area contributed by atoms with Gasteiger partial charge in [-0.2, -0.15) is 0 Å². The van der Waals surface area contributed by atoms with Gasteiger partial charge >= 0.3 is 5.97 Å². The first-order valence-electron chi connectivity index (χ1n) is 8.61. The third kappa shape index (κ3) is 3.61. The zero-order valence-electron chi connectivity index (χ0n) is 14.5. The topological polar surface area (TPSA) is 40.5 Å². The summed E-state index contributed by atoms with van der Waals surface area (Å²) in [6.45, 7) is 13.1. The van der Waals surface area contributed by atoms with Crippen molar-refractivity contribution < 1.29 is 9.90 Å². The Morgan fingerprint density at radius 3 is 2.52 bits per heavy atom. The number of likely N-dealkylation sites (tertiary alicyclic amines) is 1. The summed E-state index contributed by atoms with van der Waals surface area (Å²) >= 11 is 0. The molecule has 2 fully saturated rings. The fourth-order valence-corrected chi connectivity index (χ4v) is 4.55. The molecule has 1 aliphatic heterocycles. The number of carboxylic acids is 1. The van der Waals surface area contributed by atoms with Gasteiger partial charge in [0.1, 0.15) is 0 Å². The van der Waals surface area contributed by atoms with Crippen molar-refractivity contribution in [2.45, 2.75) is 72.8 Å². The zero-order chi connectivity index (χ0) is 15.8. The van der Waals surface area contributed by atoms with Crippen molar-refractivity contribution in [2.24, 2.45) is 22.7 Å². The molecule has 0 radical (unpaired) electrons. The van der Waals surface area contributed by atoms with Crippen LogP contribution in [0.2, 0.25) is 0 Å². The molecule has 0 aromatic rings. The molecule has 0 amide bonds. The summed E-state index contributed by atoms with van der Waals surface area (Å²) < 4.78 is 0. The predicted molar refractivity (Wildman–Crippen MR) is 86.3 cm³/mol. The molecular formula is C18H33NO2. The lowest BCUT2D eigenvalue weighted by molar-refractivity contribution is -0.152. The first-order valence-corrected chi connectivity index (χ1v) is 8.61. The third-order valence-electron chi connectivity index (χ3n) is 6.14. The molecule has 1 saturated carbocycles. The first-order chi connectivity index (χ1) is 9.63. The van der Waals surface area contributed by atoms with Crippen LogP contribution in [0.4, 0.5) is 0 Å². The van der Waals surface area contributed by atoms with E-state index in [4.69, 9.17) is 0 Å². The highest BCUT2D eigenvalue weighted by molar-refractivity contribution is 5.74. The number of hydrogen-bond acceptors (Lipinski definition) is 2. The van der Waals surface area contributed by atoms with Crippen molar-refractivity contribution in [1.29, 1.82) is 0 Å². The van der Waals surface area contributed by atoms with Gasteiger partial charge in [0.25, 0.3) is 0 Å². The van der Waals surface area contributed by atoms with Crippen LogP contribution in [-0.4, -0.2) is 35.1 Å². The molecule has 2 rings (SSSR count). The highest BCUT2D eigenvalue weighted by Gasteiger charge is 2.42. The Kier molecular flexibility index (Phi) is 4.72. The van der Waals surface area contributed by atoms with Gasteiger partial charge in [-0.15, -0.1) is 0 Å². The molecular weight excluding hydrogens is 262 g/mol. The summed E-state index contributed by atoms with van der Waals surface area (Å²) in [5.74, 6) is 0.360. The Labute approximate surface area is 130 Å². The Balaban J connectivity index is 2.03. The Morgan fingerprint density at radius 2 is 1.95 bits per heavy atom. The minimum atomic E-state index is -0.646. The van der Waals surface area contributed by atoms with Gasteiger partial charge in [0.2, 0.25) is 0 Å². The molecule has 1 aliphatic carbocycles. The SMILES string of the molecule is CC1CC(C)(C)CCC1N1CCCC(C(C)(C)C(=O)O)C1. The normalized spacial score (nSPS) is 34.6. The van der Waals surface area contributed by atoms with Crippen LogP contribution >= 0.6 is 0 Å². The van der Waals surface area contributed by atoms with E-state index in [2.05, 4.69) is 25.7 Å². The minimum absolute atomic E-state index is 0.283. The standard InChI is InChI=1S/C18H33NO2/c1-13-11-17(2,3)9-8-15(13)19-10-6-7-14(12-19)18(4,5)16(20)21/h13-15H,6-12H2,1-5H3,(H,20,21). The lowest BCUT2D eigenvalue weighted by Crippen LogP contribution is -2.52. The molecule has 1 heterocycles. The molecule has 0 aromatic heterocycles. The number of hydrogen-bond donors (Lipinski definition) is 1. The van der Waals surface area contributed by atoms with Crippen LogP contribution < -0.4 is 0 Å². The van der Waals surface area contributed by atoms with E-state index in [-0.39, 0.29) is 5.92 Å². The van der Waals surface area contributed by atoms with Crippen LogP contribution in [0.1, 0.15) is 66.7 Å². The third-order valence-corrected chi connectivity index (χ3v) is 6.14. The van der Waals surface area contributed by atoms with E-state index in [1.807, 2.05) is 13.8 Å². The number of nitrogens with zero attached hydrogens (tertiary/aromatic N) is 1. The van der Waals surface area contributed by atoms with E-state index >= 15 is 0 Å². The highest BCUT2D eigenvalue weighted by Crippen LogP contribution is 2.42. The summed E-state index contributed by atoms with van der Waals surface area (Å²) in [5.41, 5.74) is -0.124. The maximum absolute atomic E-state index is 11.5. The van der Waals surface area contributed by atoms with Gasteiger partial charge < -0.3 is 5.11 Å². The van der Waals surface area contributed by atoms with Crippen LogP contribution in [0.5, 0.6) is 0 Å². The van der Waals surface area contributed by atoms with Crippen molar-refractivity contribution in [2.75, 3.05) is 13.1 Å². The van der Waals surface area contributed by atoms with Gasteiger partial charge in [-0.1, -0.05) is 20.8 Å². The van der Waals surface area contributed by atoms with Crippen molar-refractivity contribution in [3.8, 4) is 0 Å². The smallest absolute Gasteiger partial charge is 0.309 e. The summed E-state index contributed by atoms with van der Waals surface area (Å²) in [4.78, 5) is 14.1. The van der Waals surface area contributed by atoms with Crippen LogP contribution in [0.25, 0.3) is 0 Å². The largest absolute Gasteiger partial charge is 0.481 e. The maximum atomic E-state index is 11.5. The van der Waals surface area contributed by atoms with E-state index in [9.17, 15) is 9.90 Å². The number of carboxylic acid groups (broad SMARTS) is 1. The minimum Gasteiger partial charge on any atom is -0.481 e. The van der Waals surface area contributed by atoms with Crippen molar-refractivity contribution >= 4 is 5.97 Å². The fourth-order valence-electron chi connectivity index (χ4n) is 4.55. The van der Waals surface area contributed by atoms with Gasteiger partial charge in [0, 0.05) is 12.6 Å². The molecule has 1 N–H and O–H groups in total. The molecule has 3 heteroatoms. The lowest BCUT2D eigenvalue weighted by Gasteiger charge is -2.48. The molecule has 3 atom stereocenters. The Hall–Kier alpha value is -0.570. The monoisotopic (exact) mass is 295 g/mol. The quantitative estimate of drug-likeness (QED) is 0.854. The summed E-state index contributed by atoms with van der Waals surface area (Å²) in [6, 6.07) is 0.658. The Morgan fingerprint density at radius 1 is 1.29 bits per heavy atom. The second-order valence-corrected chi connectivity index (χ2v) is 8.81. The van der Waals surface area contributed by atoms with E-state index in [1.165, 1.54) is 19.3 Å². The summed E-state index contributed by atoms with van der Waals surface area (Å²) in [6.07, 6.45) is 6.07. The fraction of sp³-hybridized carbons (Fsp3) is 0.944. The van der Waals surface area contributed by atoms with Crippen LogP contribution in [-0.2, 0) is 4.79 Å². The van der Waals surface area contributed by atoms with Crippen LogP contribution in [0.15, 0.2) is 0 Å².